The van der Waals surface area contributed by atoms with E-state index in [4.69, 9.17) is 0 Å². The van der Waals surface area contributed by atoms with Crippen LogP contribution in [0.15, 0.2) is 42.5 Å². The average molecular weight is 308 g/mol. The van der Waals surface area contributed by atoms with Crippen molar-refractivity contribution in [2.24, 2.45) is 0 Å². The number of esters is 1. The fourth-order valence-electron chi connectivity index (χ4n) is 2.89. The van der Waals surface area contributed by atoms with Crippen LogP contribution in [0.25, 0.3) is 11.1 Å². The second kappa shape index (κ2) is 4.58. The summed E-state index contributed by atoms with van der Waals surface area (Å²) in [6, 6.07) is 9.48. The minimum atomic E-state index is -4.91. The Morgan fingerprint density at radius 1 is 1.09 bits per heavy atom. The number of carbonyl (C=O) groups is 1. The summed E-state index contributed by atoms with van der Waals surface area (Å²) < 4.78 is 45.3. The molecule has 0 bridgehead atoms. The predicted octanol–water partition coefficient (Wildman–Crippen LogP) is 3.25. The van der Waals surface area contributed by atoms with E-state index in [-0.39, 0.29) is 27.8 Å². The van der Waals surface area contributed by atoms with Crippen molar-refractivity contribution in [1.82, 2.24) is 0 Å². The third kappa shape index (κ3) is 1.70. The number of alkyl halides is 3. The van der Waals surface area contributed by atoms with Gasteiger partial charge in [0.25, 0.3) is 0 Å². The van der Waals surface area contributed by atoms with Gasteiger partial charge in [-0.3, -0.25) is 0 Å². The van der Waals surface area contributed by atoms with E-state index in [1.165, 1.54) is 36.4 Å². The molecule has 0 aromatic heterocycles. The molecule has 0 saturated carbocycles. The topological polar surface area (TPSA) is 46.5 Å². The molecule has 0 saturated heterocycles. The van der Waals surface area contributed by atoms with Crippen LogP contribution in [0, 0.1) is 0 Å². The van der Waals surface area contributed by atoms with Gasteiger partial charge < -0.3 is 9.84 Å². The largest absolute Gasteiger partial charge is 0.465 e. The predicted molar refractivity (Wildman–Crippen MR) is 72.3 cm³/mol. The lowest BCUT2D eigenvalue weighted by Gasteiger charge is -2.28. The van der Waals surface area contributed by atoms with Crippen molar-refractivity contribution in [2.75, 3.05) is 7.11 Å². The van der Waals surface area contributed by atoms with Crippen LogP contribution in [0.2, 0.25) is 0 Å². The Morgan fingerprint density at radius 2 is 1.73 bits per heavy atom. The minimum Gasteiger partial charge on any atom is -0.465 e. The molecule has 0 radical (unpaired) electrons. The third-order valence-electron chi connectivity index (χ3n) is 3.86. The lowest BCUT2D eigenvalue weighted by molar-refractivity contribution is -0.246. The second-order valence-corrected chi connectivity index (χ2v) is 4.97. The second-order valence-electron chi connectivity index (χ2n) is 4.97. The van der Waals surface area contributed by atoms with Crippen molar-refractivity contribution in [3.63, 3.8) is 0 Å². The number of rotatable bonds is 1. The molecule has 0 spiro atoms. The van der Waals surface area contributed by atoms with E-state index >= 15 is 0 Å². The molecule has 1 aliphatic carbocycles. The molecule has 3 nitrogen and oxygen atoms in total. The van der Waals surface area contributed by atoms with Crippen molar-refractivity contribution >= 4 is 5.97 Å². The molecule has 0 aliphatic heterocycles. The van der Waals surface area contributed by atoms with Crippen molar-refractivity contribution in [3.05, 3.63) is 59.2 Å². The average Bonchev–Trinajstić information content (AvgIpc) is 2.78. The van der Waals surface area contributed by atoms with E-state index in [0.29, 0.717) is 0 Å². The number of benzene rings is 2. The van der Waals surface area contributed by atoms with Gasteiger partial charge in [-0.05, 0) is 11.6 Å². The van der Waals surface area contributed by atoms with Crippen molar-refractivity contribution in [3.8, 4) is 11.1 Å². The zero-order valence-electron chi connectivity index (χ0n) is 11.4. The highest BCUT2D eigenvalue weighted by molar-refractivity contribution is 6.01. The first-order valence-electron chi connectivity index (χ1n) is 6.43. The molecule has 1 aliphatic rings. The molecule has 2 aromatic rings. The van der Waals surface area contributed by atoms with Gasteiger partial charge in [-0.15, -0.1) is 0 Å². The normalized spacial score (nSPS) is 19.5. The van der Waals surface area contributed by atoms with Crippen LogP contribution >= 0.6 is 0 Å². The number of carbonyl (C=O) groups excluding carboxylic acids is 1. The summed E-state index contributed by atoms with van der Waals surface area (Å²) in [6.07, 6.45) is -4.91. The van der Waals surface area contributed by atoms with Gasteiger partial charge >= 0.3 is 12.1 Å². The van der Waals surface area contributed by atoms with Gasteiger partial charge in [-0.25, -0.2) is 4.79 Å². The molecule has 114 valence electrons. The first-order chi connectivity index (χ1) is 10.3. The highest BCUT2D eigenvalue weighted by Gasteiger charge is 2.61. The first-order valence-corrected chi connectivity index (χ1v) is 6.43. The summed E-state index contributed by atoms with van der Waals surface area (Å²) in [4.78, 5) is 11.9. The number of fused-ring (bicyclic) bond motifs is 3. The van der Waals surface area contributed by atoms with Crippen molar-refractivity contribution in [2.45, 2.75) is 11.8 Å². The number of aliphatic hydroxyl groups is 1. The van der Waals surface area contributed by atoms with Gasteiger partial charge in [0.1, 0.15) is 0 Å². The molecule has 0 unspecified atom stereocenters. The van der Waals surface area contributed by atoms with Crippen LogP contribution < -0.4 is 0 Å². The Morgan fingerprint density at radius 3 is 2.36 bits per heavy atom. The van der Waals surface area contributed by atoms with Crippen LogP contribution in [0.3, 0.4) is 0 Å². The third-order valence-corrected chi connectivity index (χ3v) is 3.86. The van der Waals surface area contributed by atoms with Gasteiger partial charge in [0.05, 0.1) is 12.7 Å². The zero-order valence-corrected chi connectivity index (χ0v) is 11.4. The van der Waals surface area contributed by atoms with Crippen molar-refractivity contribution in [1.29, 1.82) is 0 Å². The molecule has 3 rings (SSSR count). The molecule has 0 heterocycles. The Labute approximate surface area is 124 Å². The lowest BCUT2D eigenvalue weighted by atomic mass is 9.90. The molecule has 0 fully saturated rings. The van der Waals surface area contributed by atoms with E-state index in [9.17, 15) is 23.1 Å². The maximum Gasteiger partial charge on any atom is 0.425 e. The highest BCUT2D eigenvalue weighted by atomic mass is 19.4. The lowest BCUT2D eigenvalue weighted by Crippen LogP contribution is -2.41. The maximum atomic E-state index is 13.6. The summed E-state index contributed by atoms with van der Waals surface area (Å²) in [6.45, 7) is 0. The molecular formula is C16H11F3O3. The van der Waals surface area contributed by atoms with Gasteiger partial charge in [-0.2, -0.15) is 13.2 Å². The zero-order chi connectivity index (χ0) is 16.1. The molecule has 22 heavy (non-hydrogen) atoms. The molecule has 0 amide bonds. The van der Waals surface area contributed by atoms with Gasteiger partial charge in [0.15, 0.2) is 0 Å². The first kappa shape index (κ1) is 14.6. The monoisotopic (exact) mass is 308 g/mol. The van der Waals surface area contributed by atoms with Crippen LogP contribution in [-0.4, -0.2) is 24.4 Å². The minimum absolute atomic E-state index is 0.00683. The summed E-state index contributed by atoms with van der Waals surface area (Å²) in [7, 11) is 1.15. The fraction of sp³-hybridized carbons (Fsp3) is 0.188. The van der Waals surface area contributed by atoms with Crippen LogP contribution in [0.4, 0.5) is 13.2 Å². The highest BCUT2D eigenvalue weighted by Crippen LogP contribution is 2.55. The van der Waals surface area contributed by atoms with Gasteiger partial charge in [-0.1, -0.05) is 36.4 Å². The number of hydrogen-bond acceptors (Lipinski definition) is 3. The van der Waals surface area contributed by atoms with Gasteiger partial charge in [0.2, 0.25) is 5.60 Å². The smallest absolute Gasteiger partial charge is 0.425 e. The van der Waals surface area contributed by atoms with E-state index < -0.39 is 17.7 Å². The molecule has 6 heteroatoms. The number of halogens is 3. The Hall–Kier alpha value is -2.34. The number of ether oxygens (including phenoxy) is 1. The number of hydrogen-bond donors (Lipinski definition) is 1. The summed E-state index contributed by atoms with van der Waals surface area (Å²) in [5.74, 6) is -0.752. The van der Waals surface area contributed by atoms with Gasteiger partial charge in [0, 0.05) is 16.7 Å². The SMILES string of the molecule is COC(=O)c1cccc2c1-c1ccccc1[C@]2(O)C(F)(F)F. The Balaban J connectivity index is 2.42. The molecule has 2 aromatic carbocycles. The van der Waals surface area contributed by atoms with E-state index in [2.05, 4.69) is 4.74 Å². The summed E-state index contributed by atoms with van der Waals surface area (Å²) >= 11 is 0. The van der Waals surface area contributed by atoms with E-state index in [0.717, 1.165) is 7.11 Å². The fourth-order valence-corrected chi connectivity index (χ4v) is 2.89. The maximum absolute atomic E-state index is 13.6. The molecule has 1 atom stereocenters. The molecular weight excluding hydrogens is 297 g/mol. The van der Waals surface area contributed by atoms with Crippen LogP contribution in [0.5, 0.6) is 0 Å². The van der Waals surface area contributed by atoms with Crippen LogP contribution in [-0.2, 0) is 10.3 Å². The van der Waals surface area contributed by atoms with E-state index in [1.54, 1.807) is 6.07 Å². The number of methoxy groups -OCH3 is 1. The standard InChI is InChI=1S/C16H11F3O3/c1-22-14(20)10-6-4-8-12-13(10)9-5-2-3-7-11(9)15(12,21)16(17,18)19/h2-8,21H,1H3/t15-/m1/s1. The van der Waals surface area contributed by atoms with E-state index in [1.807, 2.05) is 0 Å². The quantitative estimate of drug-likeness (QED) is 0.823. The Bertz CT molecular complexity index is 767. The van der Waals surface area contributed by atoms with Crippen LogP contribution in [0.1, 0.15) is 21.5 Å². The van der Waals surface area contributed by atoms with Crippen molar-refractivity contribution < 1.29 is 27.8 Å². The summed E-state index contributed by atoms with van der Waals surface area (Å²) in [5, 5.41) is 10.4. The summed E-state index contributed by atoms with van der Waals surface area (Å²) in [5.41, 5.74) is -3.54. The Kier molecular flexibility index (Phi) is 3.04. The molecule has 1 N–H and O–H groups in total.